The number of fused-ring (bicyclic) bond motifs is 1. The molecule has 0 aliphatic carbocycles. The molecular weight excluding hydrogens is 217 g/mol. The first-order valence-electron chi connectivity index (χ1n) is 5.22. The van der Waals surface area contributed by atoms with Gasteiger partial charge in [0.25, 0.3) is 0 Å². The van der Waals surface area contributed by atoms with Gasteiger partial charge < -0.3 is 10.7 Å². The smallest absolute Gasteiger partial charge is 0.212 e. The van der Waals surface area contributed by atoms with E-state index in [1.165, 1.54) is 12.3 Å². The van der Waals surface area contributed by atoms with E-state index in [-0.39, 0.29) is 0 Å². The zero-order valence-corrected chi connectivity index (χ0v) is 8.94. The van der Waals surface area contributed by atoms with Crippen molar-refractivity contribution in [3.63, 3.8) is 0 Å². The fraction of sp³-hybridized carbons (Fsp3) is 0. The van der Waals surface area contributed by atoms with Gasteiger partial charge in [-0.25, -0.2) is 4.98 Å². The molecule has 0 aliphatic heterocycles. The summed E-state index contributed by atoms with van der Waals surface area (Å²) >= 11 is 0. The highest BCUT2D eigenvalue weighted by atomic mass is 19.1. The molecule has 2 heterocycles. The number of rotatable bonds is 1. The normalized spacial score (nSPS) is 10.9. The number of nitrogen functional groups attached to an aromatic ring is 1. The molecule has 4 heteroatoms. The molecule has 3 rings (SSSR count). The number of hydrogen-bond acceptors (Lipinski definition) is 2. The molecule has 3 N–H and O–H groups in total. The Morgan fingerprint density at radius 3 is 2.76 bits per heavy atom. The summed E-state index contributed by atoms with van der Waals surface area (Å²) in [5.74, 6) is -0.478. The van der Waals surface area contributed by atoms with Gasteiger partial charge in [-0.1, -0.05) is 0 Å². The first-order chi connectivity index (χ1) is 8.22. The molecule has 0 amide bonds. The first-order valence-corrected chi connectivity index (χ1v) is 5.22. The quantitative estimate of drug-likeness (QED) is 0.496. The van der Waals surface area contributed by atoms with Crippen LogP contribution in [-0.2, 0) is 0 Å². The average Bonchev–Trinajstić information content (AvgIpc) is 2.72. The number of hydrogen-bond donors (Lipinski definition) is 2. The van der Waals surface area contributed by atoms with Crippen LogP contribution in [0.15, 0.2) is 42.6 Å². The van der Waals surface area contributed by atoms with Crippen molar-refractivity contribution in [1.82, 2.24) is 9.97 Å². The third-order valence-electron chi connectivity index (χ3n) is 2.68. The lowest BCUT2D eigenvalue weighted by Gasteiger charge is -1.95. The number of benzene rings is 1. The lowest BCUT2D eigenvalue weighted by Crippen LogP contribution is -1.83. The summed E-state index contributed by atoms with van der Waals surface area (Å²) in [6.07, 6.45) is 1.50. The van der Waals surface area contributed by atoms with Crippen LogP contribution in [0.3, 0.4) is 0 Å². The minimum atomic E-state index is -0.478. The second-order valence-corrected chi connectivity index (χ2v) is 3.90. The Hall–Kier alpha value is -2.36. The number of H-pyrrole nitrogens is 1. The Kier molecular flexibility index (Phi) is 2.08. The van der Waals surface area contributed by atoms with E-state index in [2.05, 4.69) is 9.97 Å². The van der Waals surface area contributed by atoms with Crippen LogP contribution in [0, 0.1) is 5.95 Å². The Morgan fingerprint density at radius 1 is 1.12 bits per heavy atom. The molecule has 17 heavy (non-hydrogen) atoms. The molecule has 0 saturated carbocycles. The Labute approximate surface area is 97.1 Å². The third kappa shape index (κ3) is 1.73. The van der Waals surface area contributed by atoms with Gasteiger partial charge in [0, 0.05) is 34.0 Å². The lowest BCUT2D eigenvalue weighted by atomic mass is 10.2. The number of aromatic amines is 1. The van der Waals surface area contributed by atoms with Crippen LogP contribution < -0.4 is 5.73 Å². The number of nitrogens with one attached hydrogen (secondary N) is 1. The number of anilines is 1. The van der Waals surface area contributed by atoms with E-state index in [1.54, 1.807) is 6.07 Å². The number of halogens is 1. The molecular formula is C13H10FN3. The summed E-state index contributed by atoms with van der Waals surface area (Å²) in [4.78, 5) is 6.87. The molecule has 0 spiro atoms. The van der Waals surface area contributed by atoms with Gasteiger partial charge in [0.05, 0.1) is 0 Å². The molecule has 0 atom stereocenters. The zero-order valence-electron chi connectivity index (χ0n) is 8.94. The second-order valence-electron chi connectivity index (χ2n) is 3.90. The van der Waals surface area contributed by atoms with Gasteiger partial charge in [-0.15, -0.1) is 0 Å². The van der Waals surface area contributed by atoms with Crippen LogP contribution in [0.25, 0.3) is 22.2 Å². The van der Waals surface area contributed by atoms with E-state index in [0.717, 1.165) is 27.8 Å². The van der Waals surface area contributed by atoms with E-state index in [4.69, 9.17) is 5.73 Å². The van der Waals surface area contributed by atoms with Crippen molar-refractivity contribution in [3.05, 3.63) is 48.5 Å². The van der Waals surface area contributed by atoms with Gasteiger partial charge in [-0.05, 0) is 36.4 Å². The SMILES string of the molecule is Nc1ccc2[nH]c(-c3ccc(F)nc3)cc2c1. The van der Waals surface area contributed by atoms with Crippen molar-refractivity contribution in [2.24, 2.45) is 0 Å². The summed E-state index contributed by atoms with van der Waals surface area (Å²) in [7, 11) is 0. The molecule has 0 bridgehead atoms. The summed E-state index contributed by atoms with van der Waals surface area (Å²) in [6.45, 7) is 0. The molecule has 0 aliphatic rings. The predicted octanol–water partition coefficient (Wildman–Crippen LogP) is 2.95. The van der Waals surface area contributed by atoms with Crippen LogP contribution in [0.2, 0.25) is 0 Å². The van der Waals surface area contributed by atoms with Crippen LogP contribution in [0.4, 0.5) is 10.1 Å². The highest BCUT2D eigenvalue weighted by Crippen LogP contribution is 2.24. The lowest BCUT2D eigenvalue weighted by molar-refractivity contribution is 0.584. The molecule has 3 nitrogen and oxygen atoms in total. The molecule has 0 fully saturated rings. The summed E-state index contributed by atoms with van der Waals surface area (Å²) in [5.41, 5.74) is 9.19. The first kappa shape index (κ1) is 9.84. The van der Waals surface area contributed by atoms with Gasteiger partial charge in [0.1, 0.15) is 0 Å². The average molecular weight is 227 g/mol. The number of nitrogens with zero attached hydrogens (tertiary/aromatic N) is 1. The van der Waals surface area contributed by atoms with Gasteiger partial charge >= 0.3 is 0 Å². The minimum Gasteiger partial charge on any atom is -0.399 e. The van der Waals surface area contributed by atoms with Crippen LogP contribution in [0.1, 0.15) is 0 Å². The maximum absolute atomic E-state index is 12.7. The standard InChI is InChI=1S/C13H10FN3/c14-13-4-1-8(7-16-13)12-6-9-5-10(15)2-3-11(9)17-12/h1-7,17H,15H2. The Bertz CT molecular complexity index is 671. The van der Waals surface area contributed by atoms with Crippen LogP contribution in [0.5, 0.6) is 0 Å². The van der Waals surface area contributed by atoms with E-state index < -0.39 is 5.95 Å². The fourth-order valence-electron chi connectivity index (χ4n) is 1.84. The predicted molar refractivity (Wildman–Crippen MR) is 65.9 cm³/mol. The third-order valence-corrected chi connectivity index (χ3v) is 2.68. The molecule has 3 aromatic rings. The van der Waals surface area contributed by atoms with Crippen molar-refractivity contribution in [2.45, 2.75) is 0 Å². The number of aromatic nitrogens is 2. The number of pyridine rings is 1. The molecule has 0 unspecified atom stereocenters. The van der Waals surface area contributed by atoms with E-state index >= 15 is 0 Å². The topological polar surface area (TPSA) is 54.7 Å². The summed E-state index contributed by atoms with van der Waals surface area (Å²) in [5, 5.41) is 1.03. The molecule has 0 radical (unpaired) electrons. The summed E-state index contributed by atoms with van der Waals surface area (Å²) < 4.78 is 12.7. The monoisotopic (exact) mass is 227 g/mol. The van der Waals surface area contributed by atoms with Crippen molar-refractivity contribution < 1.29 is 4.39 Å². The van der Waals surface area contributed by atoms with E-state index in [0.29, 0.717) is 0 Å². The van der Waals surface area contributed by atoms with Gasteiger partial charge in [-0.3, -0.25) is 0 Å². The minimum absolute atomic E-state index is 0.478. The highest BCUT2D eigenvalue weighted by molar-refractivity contribution is 5.87. The second kappa shape index (κ2) is 3.59. The van der Waals surface area contributed by atoms with Gasteiger partial charge in [0.15, 0.2) is 0 Å². The molecule has 1 aromatic carbocycles. The Balaban J connectivity index is 2.14. The summed E-state index contributed by atoms with van der Waals surface area (Å²) in [6, 6.07) is 10.7. The highest BCUT2D eigenvalue weighted by Gasteiger charge is 2.04. The van der Waals surface area contributed by atoms with E-state index in [1.807, 2.05) is 24.3 Å². The molecule has 84 valence electrons. The van der Waals surface area contributed by atoms with Crippen molar-refractivity contribution in [1.29, 1.82) is 0 Å². The van der Waals surface area contributed by atoms with Gasteiger partial charge in [-0.2, -0.15) is 4.39 Å². The number of nitrogens with two attached hydrogens (primary N) is 1. The largest absolute Gasteiger partial charge is 0.399 e. The molecule has 0 saturated heterocycles. The maximum Gasteiger partial charge on any atom is 0.212 e. The fourth-order valence-corrected chi connectivity index (χ4v) is 1.84. The van der Waals surface area contributed by atoms with Gasteiger partial charge in [0.2, 0.25) is 5.95 Å². The van der Waals surface area contributed by atoms with E-state index in [9.17, 15) is 4.39 Å². The van der Waals surface area contributed by atoms with Crippen molar-refractivity contribution in [3.8, 4) is 11.3 Å². The van der Waals surface area contributed by atoms with Crippen LogP contribution >= 0.6 is 0 Å². The Morgan fingerprint density at radius 2 is 2.00 bits per heavy atom. The van der Waals surface area contributed by atoms with Crippen LogP contribution in [-0.4, -0.2) is 9.97 Å². The van der Waals surface area contributed by atoms with Crippen molar-refractivity contribution >= 4 is 16.6 Å². The maximum atomic E-state index is 12.7. The zero-order chi connectivity index (χ0) is 11.8. The molecule has 2 aromatic heterocycles. The van der Waals surface area contributed by atoms with Crippen molar-refractivity contribution in [2.75, 3.05) is 5.73 Å².